The molecule has 0 radical (unpaired) electrons. The minimum atomic E-state index is -0.0868. The van der Waals surface area contributed by atoms with Crippen LogP contribution in [0.15, 0.2) is 42.5 Å². The Morgan fingerprint density at radius 1 is 1.22 bits per heavy atom. The van der Waals surface area contributed by atoms with Crippen LogP contribution in [-0.4, -0.2) is 19.1 Å². The molecule has 23 heavy (non-hydrogen) atoms. The first-order chi connectivity index (χ1) is 11.1. The van der Waals surface area contributed by atoms with Gasteiger partial charge in [-0.1, -0.05) is 23.7 Å². The lowest BCUT2D eigenvalue weighted by Crippen LogP contribution is -2.25. The highest BCUT2D eigenvalue weighted by molar-refractivity contribution is 6.30. The smallest absolute Gasteiger partial charge is 0.251 e. The van der Waals surface area contributed by atoms with Gasteiger partial charge < -0.3 is 15.8 Å². The largest absolute Gasteiger partial charge is 0.493 e. The lowest BCUT2D eigenvalue weighted by Gasteiger charge is -2.10. The molecule has 0 heterocycles. The third-order valence-electron chi connectivity index (χ3n) is 3.45. The van der Waals surface area contributed by atoms with Gasteiger partial charge in [-0.15, -0.1) is 0 Å². The van der Waals surface area contributed by atoms with Gasteiger partial charge in [0, 0.05) is 23.7 Å². The van der Waals surface area contributed by atoms with Gasteiger partial charge in [0.1, 0.15) is 5.75 Å². The van der Waals surface area contributed by atoms with Crippen LogP contribution in [0.5, 0.6) is 5.75 Å². The van der Waals surface area contributed by atoms with Crippen molar-refractivity contribution in [1.29, 1.82) is 0 Å². The van der Waals surface area contributed by atoms with E-state index in [1.165, 1.54) is 0 Å². The summed E-state index contributed by atoms with van der Waals surface area (Å²) in [5.41, 5.74) is 8.18. The van der Waals surface area contributed by atoms with E-state index in [-0.39, 0.29) is 5.91 Å². The minimum absolute atomic E-state index is 0.0868. The van der Waals surface area contributed by atoms with Gasteiger partial charge in [0.2, 0.25) is 0 Å². The summed E-state index contributed by atoms with van der Waals surface area (Å²) in [6.07, 6.45) is 0.731. The van der Waals surface area contributed by atoms with Gasteiger partial charge in [-0.25, -0.2) is 0 Å². The van der Waals surface area contributed by atoms with Gasteiger partial charge in [-0.05, 0) is 54.8 Å². The molecule has 3 N–H and O–H groups in total. The first-order valence-corrected chi connectivity index (χ1v) is 7.94. The maximum Gasteiger partial charge on any atom is 0.251 e. The monoisotopic (exact) mass is 332 g/mol. The van der Waals surface area contributed by atoms with Crippen molar-refractivity contribution in [2.24, 2.45) is 5.73 Å². The Bertz CT molecular complexity index is 657. The summed E-state index contributed by atoms with van der Waals surface area (Å²) in [4.78, 5) is 12.0. The molecule has 0 aromatic heterocycles. The number of ether oxygens (including phenoxy) is 1. The van der Waals surface area contributed by atoms with Gasteiger partial charge in [0.25, 0.3) is 5.91 Å². The first-order valence-electron chi connectivity index (χ1n) is 7.56. The van der Waals surface area contributed by atoms with E-state index in [1.807, 2.05) is 31.2 Å². The maximum absolute atomic E-state index is 12.0. The van der Waals surface area contributed by atoms with Crippen molar-refractivity contribution >= 4 is 17.5 Å². The summed E-state index contributed by atoms with van der Waals surface area (Å²) in [5, 5.41) is 3.57. The predicted octanol–water partition coefficient (Wildman–Crippen LogP) is 3.31. The molecule has 0 aliphatic heterocycles. The van der Waals surface area contributed by atoms with Crippen LogP contribution in [0.25, 0.3) is 0 Å². The zero-order valence-corrected chi connectivity index (χ0v) is 13.9. The van der Waals surface area contributed by atoms with Crippen molar-refractivity contribution in [2.75, 3.05) is 13.2 Å². The number of nitrogens with one attached hydrogen (secondary N) is 1. The molecule has 0 fully saturated rings. The van der Waals surface area contributed by atoms with E-state index in [1.54, 1.807) is 18.2 Å². The normalized spacial score (nSPS) is 10.4. The number of rotatable bonds is 7. The highest BCUT2D eigenvalue weighted by atomic mass is 35.5. The van der Waals surface area contributed by atoms with Crippen LogP contribution in [0.4, 0.5) is 0 Å². The Balaban J connectivity index is 1.71. The van der Waals surface area contributed by atoms with E-state index in [0.717, 1.165) is 23.3 Å². The van der Waals surface area contributed by atoms with E-state index in [9.17, 15) is 4.79 Å². The van der Waals surface area contributed by atoms with Crippen molar-refractivity contribution in [3.05, 3.63) is 64.2 Å². The number of halogens is 1. The Morgan fingerprint density at radius 2 is 1.96 bits per heavy atom. The quantitative estimate of drug-likeness (QED) is 0.764. The standard InChI is InChI=1S/C18H21ClN2O2/c1-13-11-16(19)7-8-17(13)23-10-2-9-21-18(22)15-5-3-14(12-20)4-6-15/h3-8,11H,2,9-10,12,20H2,1H3,(H,21,22). The molecule has 122 valence electrons. The van der Waals surface area contributed by atoms with Crippen molar-refractivity contribution < 1.29 is 9.53 Å². The molecule has 1 amide bonds. The average Bonchev–Trinajstić information content (AvgIpc) is 2.56. The topological polar surface area (TPSA) is 64.3 Å². The Kier molecular flexibility index (Phi) is 6.44. The summed E-state index contributed by atoms with van der Waals surface area (Å²) < 4.78 is 5.69. The number of nitrogens with two attached hydrogens (primary N) is 1. The predicted molar refractivity (Wildman–Crippen MR) is 93.0 cm³/mol. The molecule has 0 saturated heterocycles. The Morgan fingerprint density at radius 3 is 2.61 bits per heavy atom. The molecular weight excluding hydrogens is 312 g/mol. The molecule has 2 aromatic rings. The summed E-state index contributed by atoms with van der Waals surface area (Å²) in [7, 11) is 0. The third-order valence-corrected chi connectivity index (χ3v) is 3.69. The van der Waals surface area contributed by atoms with Crippen molar-refractivity contribution in [3.63, 3.8) is 0 Å². The maximum atomic E-state index is 12.0. The van der Waals surface area contributed by atoms with Crippen molar-refractivity contribution in [3.8, 4) is 5.75 Å². The van der Waals surface area contributed by atoms with Crippen LogP contribution in [0.2, 0.25) is 5.02 Å². The van der Waals surface area contributed by atoms with Crippen LogP contribution in [0.3, 0.4) is 0 Å². The summed E-state index contributed by atoms with van der Waals surface area (Å²) in [5.74, 6) is 0.731. The van der Waals surface area contributed by atoms with Gasteiger partial charge in [-0.2, -0.15) is 0 Å². The average molecular weight is 333 g/mol. The Hall–Kier alpha value is -2.04. The zero-order valence-electron chi connectivity index (χ0n) is 13.1. The van der Waals surface area contributed by atoms with Crippen LogP contribution in [0, 0.1) is 6.92 Å². The minimum Gasteiger partial charge on any atom is -0.493 e. The van der Waals surface area contributed by atoms with Gasteiger partial charge >= 0.3 is 0 Å². The zero-order chi connectivity index (χ0) is 16.7. The van der Waals surface area contributed by atoms with E-state index >= 15 is 0 Å². The fourth-order valence-electron chi connectivity index (χ4n) is 2.13. The fourth-order valence-corrected chi connectivity index (χ4v) is 2.35. The van der Waals surface area contributed by atoms with Crippen LogP contribution in [-0.2, 0) is 6.54 Å². The molecule has 5 heteroatoms. The highest BCUT2D eigenvalue weighted by Crippen LogP contribution is 2.21. The molecule has 4 nitrogen and oxygen atoms in total. The molecule has 0 saturated carbocycles. The van der Waals surface area contributed by atoms with E-state index in [0.29, 0.717) is 30.3 Å². The number of benzene rings is 2. The van der Waals surface area contributed by atoms with E-state index in [4.69, 9.17) is 22.1 Å². The summed E-state index contributed by atoms with van der Waals surface area (Å²) >= 11 is 5.90. The second-order valence-electron chi connectivity index (χ2n) is 5.27. The molecule has 0 spiro atoms. The first kappa shape index (κ1) is 17.3. The molecule has 0 bridgehead atoms. The van der Waals surface area contributed by atoms with Crippen LogP contribution < -0.4 is 15.8 Å². The van der Waals surface area contributed by atoms with Crippen LogP contribution in [0.1, 0.15) is 27.9 Å². The van der Waals surface area contributed by atoms with Crippen LogP contribution >= 0.6 is 11.6 Å². The van der Waals surface area contributed by atoms with E-state index < -0.39 is 0 Å². The Labute approximate surface area is 141 Å². The third kappa shape index (κ3) is 5.27. The molecule has 0 aliphatic carbocycles. The molecule has 0 unspecified atom stereocenters. The molecule has 0 atom stereocenters. The van der Waals surface area contributed by atoms with Gasteiger partial charge in [-0.3, -0.25) is 4.79 Å². The molecule has 0 aliphatic rings. The molecule has 2 aromatic carbocycles. The van der Waals surface area contributed by atoms with Gasteiger partial charge in [0.05, 0.1) is 6.61 Å². The highest BCUT2D eigenvalue weighted by Gasteiger charge is 2.05. The lowest BCUT2D eigenvalue weighted by atomic mass is 10.1. The van der Waals surface area contributed by atoms with Crippen molar-refractivity contribution in [2.45, 2.75) is 19.9 Å². The summed E-state index contributed by atoms with van der Waals surface area (Å²) in [6.45, 7) is 3.52. The number of hydrogen-bond donors (Lipinski definition) is 2. The SMILES string of the molecule is Cc1cc(Cl)ccc1OCCCNC(=O)c1ccc(CN)cc1. The number of aryl methyl sites for hydroxylation is 1. The van der Waals surface area contributed by atoms with Gasteiger partial charge in [0.15, 0.2) is 0 Å². The van der Waals surface area contributed by atoms with Crippen molar-refractivity contribution in [1.82, 2.24) is 5.32 Å². The summed E-state index contributed by atoms with van der Waals surface area (Å²) in [6, 6.07) is 12.8. The van der Waals surface area contributed by atoms with E-state index in [2.05, 4.69) is 5.32 Å². The number of carbonyl (C=O) groups excluding carboxylic acids is 1. The number of carbonyl (C=O) groups is 1. The fraction of sp³-hybridized carbons (Fsp3) is 0.278. The number of hydrogen-bond acceptors (Lipinski definition) is 3. The number of amides is 1. The lowest BCUT2D eigenvalue weighted by molar-refractivity contribution is 0.0951. The second-order valence-corrected chi connectivity index (χ2v) is 5.71. The molecular formula is C18H21ClN2O2. The molecule has 2 rings (SSSR count). The second kappa shape index (κ2) is 8.56.